The molecule has 0 bridgehead atoms. The second kappa shape index (κ2) is 5.87. The summed E-state index contributed by atoms with van der Waals surface area (Å²) in [6.07, 6.45) is -5.44. The highest BCUT2D eigenvalue weighted by atomic mass is 19.4. The summed E-state index contributed by atoms with van der Waals surface area (Å²) in [6.45, 7) is 8.03. The third-order valence-electron chi connectivity index (χ3n) is 2.35. The van der Waals surface area contributed by atoms with E-state index in [0.29, 0.717) is 6.61 Å². The Morgan fingerprint density at radius 2 is 1.69 bits per heavy atom. The van der Waals surface area contributed by atoms with Gasteiger partial charge in [-0.05, 0) is 18.8 Å². The first kappa shape index (κ1) is 15.7. The van der Waals surface area contributed by atoms with Gasteiger partial charge in [-0.2, -0.15) is 13.2 Å². The predicted molar refractivity (Wildman–Crippen MR) is 58.1 cm³/mol. The maximum absolute atomic E-state index is 12.1. The van der Waals surface area contributed by atoms with Crippen LogP contribution < -0.4 is 5.73 Å². The van der Waals surface area contributed by atoms with E-state index in [-0.39, 0.29) is 17.9 Å². The van der Waals surface area contributed by atoms with Crippen molar-refractivity contribution in [3.63, 3.8) is 0 Å². The van der Waals surface area contributed by atoms with Crippen LogP contribution in [0.25, 0.3) is 0 Å². The molecule has 0 aromatic heterocycles. The molecular formula is C11H22F3NO. The van der Waals surface area contributed by atoms with E-state index in [4.69, 9.17) is 10.5 Å². The Kier molecular flexibility index (Phi) is 5.76. The van der Waals surface area contributed by atoms with Gasteiger partial charge >= 0.3 is 6.18 Å². The Morgan fingerprint density at radius 3 is 2.00 bits per heavy atom. The third kappa shape index (κ3) is 6.33. The second-order valence-electron chi connectivity index (χ2n) is 5.06. The first-order valence-corrected chi connectivity index (χ1v) is 5.52. The molecular weight excluding hydrogens is 219 g/mol. The normalized spacial score (nSPS) is 17.2. The Morgan fingerprint density at radius 1 is 1.19 bits per heavy atom. The molecule has 0 aromatic carbocycles. The molecule has 0 aliphatic rings. The molecule has 0 aliphatic carbocycles. The van der Waals surface area contributed by atoms with Crippen molar-refractivity contribution in [2.75, 3.05) is 6.61 Å². The molecule has 0 aromatic rings. The van der Waals surface area contributed by atoms with E-state index in [9.17, 15) is 13.2 Å². The highest BCUT2D eigenvalue weighted by molar-refractivity contribution is 4.84. The SMILES string of the molecule is CCOC(C(N)CCC(F)(F)F)C(C)(C)C. The number of halogens is 3. The lowest BCUT2D eigenvalue weighted by molar-refractivity contribution is -0.139. The van der Waals surface area contributed by atoms with Crippen molar-refractivity contribution in [1.29, 1.82) is 0 Å². The van der Waals surface area contributed by atoms with E-state index in [0.717, 1.165) is 0 Å². The lowest BCUT2D eigenvalue weighted by Gasteiger charge is -2.35. The lowest BCUT2D eigenvalue weighted by atomic mass is 9.83. The lowest BCUT2D eigenvalue weighted by Crippen LogP contribution is -2.45. The van der Waals surface area contributed by atoms with Gasteiger partial charge in [0.15, 0.2) is 0 Å². The van der Waals surface area contributed by atoms with Crippen molar-refractivity contribution >= 4 is 0 Å². The number of hydrogen-bond acceptors (Lipinski definition) is 2. The Balaban J connectivity index is 4.34. The summed E-state index contributed by atoms with van der Waals surface area (Å²) in [5, 5.41) is 0. The minimum absolute atomic E-state index is 0.0918. The van der Waals surface area contributed by atoms with Crippen LogP contribution in [0.15, 0.2) is 0 Å². The minimum atomic E-state index is -4.15. The highest BCUT2D eigenvalue weighted by Crippen LogP contribution is 2.29. The molecule has 98 valence electrons. The summed E-state index contributed by atoms with van der Waals surface area (Å²) in [4.78, 5) is 0. The summed E-state index contributed by atoms with van der Waals surface area (Å²) in [6, 6.07) is -0.582. The van der Waals surface area contributed by atoms with Crippen LogP contribution in [-0.2, 0) is 4.74 Å². The van der Waals surface area contributed by atoms with Gasteiger partial charge in [-0.1, -0.05) is 20.8 Å². The molecule has 0 saturated heterocycles. The quantitative estimate of drug-likeness (QED) is 0.802. The van der Waals surface area contributed by atoms with Crippen LogP contribution in [0, 0.1) is 5.41 Å². The zero-order chi connectivity index (χ0) is 13.0. The topological polar surface area (TPSA) is 35.2 Å². The van der Waals surface area contributed by atoms with Crippen molar-refractivity contribution in [2.24, 2.45) is 11.1 Å². The molecule has 2 N–H and O–H groups in total. The van der Waals surface area contributed by atoms with Crippen LogP contribution in [0.2, 0.25) is 0 Å². The maximum Gasteiger partial charge on any atom is 0.389 e. The predicted octanol–water partition coefficient (Wildman–Crippen LogP) is 3.11. The summed E-state index contributed by atoms with van der Waals surface area (Å²) >= 11 is 0. The van der Waals surface area contributed by atoms with E-state index < -0.39 is 18.6 Å². The standard InChI is InChI=1S/C11H22F3NO/c1-5-16-9(10(2,3)4)8(15)6-7-11(12,13)14/h8-9H,5-7,15H2,1-4H3. The number of alkyl halides is 3. The Hall–Kier alpha value is -0.290. The zero-order valence-corrected chi connectivity index (χ0v) is 10.4. The number of ether oxygens (including phenoxy) is 1. The molecule has 0 aliphatic heterocycles. The Bertz CT molecular complexity index is 198. The van der Waals surface area contributed by atoms with Gasteiger partial charge in [-0.25, -0.2) is 0 Å². The fourth-order valence-electron chi connectivity index (χ4n) is 1.68. The third-order valence-corrected chi connectivity index (χ3v) is 2.35. The summed E-state index contributed by atoms with van der Waals surface area (Å²) in [5.41, 5.74) is 5.52. The van der Waals surface area contributed by atoms with Gasteiger partial charge in [0.25, 0.3) is 0 Å². The molecule has 2 unspecified atom stereocenters. The van der Waals surface area contributed by atoms with E-state index >= 15 is 0 Å². The van der Waals surface area contributed by atoms with Gasteiger partial charge in [0.05, 0.1) is 6.10 Å². The van der Waals surface area contributed by atoms with Crippen molar-refractivity contribution < 1.29 is 17.9 Å². The summed E-state index contributed by atoms with van der Waals surface area (Å²) < 4.78 is 41.6. The van der Waals surface area contributed by atoms with Crippen LogP contribution in [-0.4, -0.2) is 24.9 Å². The molecule has 0 saturated carbocycles. The molecule has 2 atom stereocenters. The molecule has 5 heteroatoms. The molecule has 0 radical (unpaired) electrons. The molecule has 0 spiro atoms. The van der Waals surface area contributed by atoms with Gasteiger partial charge in [0.2, 0.25) is 0 Å². The van der Waals surface area contributed by atoms with Gasteiger partial charge < -0.3 is 10.5 Å². The smallest absolute Gasteiger partial charge is 0.376 e. The maximum atomic E-state index is 12.1. The zero-order valence-electron chi connectivity index (χ0n) is 10.4. The van der Waals surface area contributed by atoms with Gasteiger partial charge in [0, 0.05) is 19.1 Å². The summed E-state index contributed by atoms with van der Waals surface area (Å²) in [5.74, 6) is 0. The van der Waals surface area contributed by atoms with Crippen molar-refractivity contribution in [2.45, 2.75) is 58.9 Å². The first-order valence-electron chi connectivity index (χ1n) is 5.52. The molecule has 16 heavy (non-hydrogen) atoms. The van der Waals surface area contributed by atoms with Gasteiger partial charge in [-0.15, -0.1) is 0 Å². The van der Waals surface area contributed by atoms with Crippen LogP contribution in [0.5, 0.6) is 0 Å². The molecule has 0 amide bonds. The van der Waals surface area contributed by atoms with E-state index in [1.807, 2.05) is 27.7 Å². The molecule has 0 rings (SSSR count). The van der Waals surface area contributed by atoms with Crippen LogP contribution in [0.4, 0.5) is 13.2 Å². The largest absolute Gasteiger partial charge is 0.389 e. The second-order valence-corrected chi connectivity index (χ2v) is 5.06. The fraction of sp³-hybridized carbons (Fsp3) is 1.00. The number of hydrogen-bond donors (Lipinski definition) is 1. The van der Waals surface area contributed by atoms with Gasteiger partial charge in [0.1, 0.15) is 0 Å². The van der Waals surface area contributed by atoms with Crippen LogP contribution >= 0.6 is 0 Å². The highest BCUT2D eigenvalue weighted by Gasteiger charge is 2.34. The monoisotopic (exact) mass is 241 g/mol. The van der Waals surface area contributed by atoms with Crippen LogP contribution in [0.1, 0.15) is 40.5 Å². The van der Waals surface area contributed by atoms with E-state index in [1.54, 1.807) is 0 Å². The molecule has 0 heterocycles. The van der Waals surface area contributed by atoms with Crippen molar-refractivity contribution in [1.82, 2.24) is 0 Å². The first-order chi connectivity index (χ1) is 7.08. The molecule has 0 fully saturated rings. The van der Waals surface area contributed by atoms with E-state index in [2.05, 4.69) is 0 Å². The number of rotatable bonds is 5. The average Bonchev–Trinajstić information content (AvgIpc) is 2.07. The Labute approximate surface area is 95.3 Å². The fourth-order valence-corrected chi connectivity index (χ4v) is 1.68. The molecule has 2 nitrogen and oxygen atoms in total. The van der Waals surface area contributed by atoms with Gasteiger partial charge in [-0.3, -0.25) is 0 Å². The van der Waals surface area contributed by atoms with Crippen LogP contribution in [0.3, 0.4) is 0 Å². The number of nitrogens with two attached hydrogens (primary N) is 1. The average molecular weight is 241 g/mol. The van der Waals surface area contributed by atoms with Crippen molar-refractivity contribution in [3.8, 4) is 0 Å². The van der Waals surface area contributed by atoms with Crippen molar-refractivity contribution in [3.05, 3.63) is 0 Å². The minimum Gasteiger partial charge on any atom is -0.376 e. The summed E-state index contributed by atoms with van der Waals surface area (Å²) in [7, 11) is 0. The van der Waals surface area contributed by atoms with E-state index in [1.165, 1.54) is 0 Å².